The van der Waals surface area contributed by atoms with Crippen molar-refractivity contribution in [3.63, 3.8) is 0 Å². The Morgan fingerprint density at radius 2 is 2.00 bits per heavy atom. The standard InChI is InChI=1S/C14H21NO/c1-11-6-2-4-8-13(11)16-14-9-5-3-7-12(14)10-15/h3,5,7,9,11,13H,2,4,6,8,10,15H2,1H3. The minimum atomic E-state index is 0.376. The summed E-state index contributed by atoms with van der Waals surface area (Å²) in [5.41, 5.74) is 6.82. The van der Waals surface area contributed by atoms with Crippen molar-refractivity contribution in [3.8, 4) is 5.75 Å². The topological polar surface area (TPSA) is 35.2 Å². The first-order valence-electron chi connectivity index (χ1n) is 6.26. The van der Waals surface area contributed by atoms with Crippen molar-refractivity contribution in [3.05, 3.63) is 29.8 Å². The molecule has 1 aliphatic carbocycles. The summed E-state index contributed by atoms with van der Waals surface area (Å²) in [5.74, 6) is 1.64. The molecule has 2 nitrogen and oxygen atoms in total. The molecule has 0 radical (unpaired) electrons. The fourth-order valence-electron chi connectivity index (χ4n) is 2.41. The highest BCUT2D eigenvalue weighted by Crippen LogP contribution is 2.29. The van der Waals surface area contributed by atoms with Gasteiger partial charge in [-0.15, -0.1) is 0 Å². The third-order valence-electron chi connectivity index (χ3n) is 3.50. The first-order valence-corrected chi connectivity index (χ1v) is 6.26. The fraction of sp³-hybridized carbons (Fsp3) is 0.571. The lowest BCUT2D eigenvalue weighted by Gasteiger charge is -2.30. The molecule has 2 unspecified atom stereocenters. The van der Waals surface area contributed by atoms with E-state index < -0.39 is 0 Å². The molecule has 0 aliphatic heterocycles. The van der Waals surface area contributed by atoms with Crippen molar-refractivity contribution >= 4 is 0 Å². The van der Waals surface area contributed by atoms with Crippen LogP contribution in [-0.4, -0.2) is 6.10 Å². The Morgan fingerprint density at radius 1 is 1.25 bits per heavy atom. The maximum atomic E-state index is 6.11. The van der Waals surface area contributed by atoms with E-state index in [9.17, 15) is 0 Å². The second-order valence-corrected chi connectivity index (χ2v) is 4.73. The molecular formula is C14H21NO. The highest BCUT2D eigenvalue weighted by atomic mass is 16.5. The summed E-state index contributed by atoms with van der Waals surface area (Å²) in [6, 6.07) is 8.10. The number of nitrogens with two attached hydrogens (primary N) is 1. The third-order valence-corrected chi connectivity index (χ3v) is 3.50. The summed E-state index contributed by atoms with van der Waals surface area (Å²) in [7, 11) is 0. The lowest BCUT2D eigenvalue weighted by atomic mass is 9.88. The van der Waals surface area contributed by atoms with Crippen molar-refractivity contribution in [2.75, 3.05) is 0 Å². The van der Waals surface area contributed by atoms with E-state index in [-0.39, 0.29) is 0 Å². The maximum absolute atomic E-state index is 6.11. The molecule has 0 bridgehead atoms. The van der Waals surface area contributed by atoms with Gasteiger partial charge in [0.2, 0.25) is 0 Å². The largest absolute Gasteiger partial charge is 0.490 e. The maximum Gasteiger partial charge on any atom is 0.124 e. The molecule has 0 amide bonds. The quantitative estimate of drug-likeness (QED) is 0.847. The summed E-state index contributed by atoms with van der Waals surface area (Å²) in [5, 5.41) is 0. The van der Waals surface area contributed by atoms with Crippen LogP contribution in [0.25, 0.3) is 0 Å². The molecule has 2 N–H and O–H groups in total. The van der Waals surface area contributed by atoms with Crippen LogP contribution in [-0.2, 0) is 6.54 Å². The van der Waals surface area contributed by atoms with Crippen molar-refractivity contribution in [2.45, 2.75) is 45.3 Å². The Kier molecular flexibility index (Phi) is 3.83. The lowest BCUT2D eigenvalue weighted by molar-refractivity contribution is 0.101. The average molecular weight is 219 g/mol. The molecule has 2 rings (SSSR count). The van der Waals surface area contributed by atoms with Crippen LogP contribution in [0, 0.1) is 5.92 Å². The van der Waals surface area contributed by atoms with E-state index in [1.165, 1.54) is 25.7 Å². The predicted octanol–water partition coefficient (Wildman–Crippen LogP) is 3.10. The summed E-state index contributed by atoms with van der Waals surface area (Å²) in [4.78, 5) is 0. The molecular weight excluding hydrogens is 198 g/mol. The van der Waals surface area contributed by atoms with Gasteiger partial charge in [-0.1, -0.05) is 31.5 Å². The van der Waals surface area contributed by atoms with E-state index in [0.29, 0.717) is 18.6 Å². The van der Waals surface area contributed by atoms with Gasteiger partial charge in [-0.3, -0.25) is 0 Å². The molecule has 0 heterocycles. The van der Waals surface area contributed by atoms with Crippen molar-refractivity contribution in [2.24, 2.45) is 11.7 Å². The molecule has 1 aromatic rings. The highest BCUT2D eigenvalue weighted by molar-refractivity contribution is 5.33. The van der Waals surface area contributed by atoms with Crippen LogP contribution < -0.4 is 10.5 Å². The van der Waals surface area contributed by atoms with Crippen molar-refractivity contribution in [1.29, 1.82) is 0 Å². The van der Waals surface area contributed by atoms with Crippen LogP contribution in [0.5, 0.6) is 5.75 Å². The first-order chi connectivity index (χ1) is 7.81. The second kappa shape index (κ2) is 5.35. The molecule has 2 heteroatoms. The number of hydrogen-bond acceptors (Lipinski definition) is 2. The minimum Gasteiger partial charge on any atom is -0.490 e. The molecule has 1 aliphatic rings. The van der Waals surface area contributed by atoms with Crippen molar-refractivity contribution in [1.82, 2.24) is 0 Å². The van der Waals surface area contributed by atoms with Gasteiger partial charge in [-0.05, 0) is 31.2 Å². The molecule has 2 atom stereocenters. The van der Waals surface area contributed by atoms with Crippen LogP contribution in [0.15, 0.2) is 24.3 Å². The molecule has 1 saturated carbocycles. The normalized spacial score (nSPS) is 25.4. The van der Waals surface area contributed by atoms with Crippen LogP contribution in [0.2, 0.25) is 0 Å². The van der Waals surface area contributed by atoms with Crippen LogP contribution in [0.3, 0.4) is 0 Å². The van der Waals surface area contributed by atoms with E-state index >= 15 is 0 Å². The Morgan fingerprint density at radius 3 is 2.75 bits per heavy atom. The van der Waals surface area contributed by atoms with E-state index in [4.69, 9.17) is 10.5 Å². The first kappa shape index (κ1) is 11.5. The van der Waals surface area contributed by atoms with E-state index in [2.05, 4.69) is 6.92 Å². The number of benzene rings is 1. The molecule has 1 fully saturated rings. The zero-order valence-corrected chi connectivity index (χ0v) is 9.99. The summed E-state index contributed by atoms with van der Waals surface area (Å²) >= 11 is 0. The van der Waals surface area contributed by atoms with Gasteiger partial charge in [-0.25, -0.2) is 0 Å². The van der Waals surface area contributed by atoms with Gasteiger partial charge in [0.15, 0.2) is 0 Å². The van der Waals surface area contributed by atoms with E-state index in [1.807, 2.05) is 24.3 Å². The molecule has 0 aromatic heterocycles. The Labute approximate surface area is 97.8 Å². The van der Waals surface area contributed by atoms with Gasteiger partial charge in [0, 0.05) is 12.1 Å². The number of rotatable bonds is 3. The predicted molar refractivity (Wildman–Crippen MR) is 66.4 cm³/mol. The van der Waals surface area contributed by atoms with Crippen molar-refractivity contribution < 1.29 is 4.74 Å². The van der Waals surface area contributed by atoms with Crippen LogP contribution in [0.1, 0.15) is 38.2 Å². The van der Waals surface area contributed by atoms with E-state index in [1.54, 1.807) is 0 Å². The Balaban J connectivity index is 2.07. The number of ether oxygens (including phenoxy) is 1. The lowest BCUT2D eigenvalue weighted by Crippen LogP contribution is -2.28. The van der Waals surface area contributed by atoms with E-state index in [0.717, 1.165) is 11.3 Å². The monoisotopic (exact) mass is 219 g/mol. The second-order valence-electron chi connectivity index (χ2n) is 4.73. The molecule has 0 spiro atoms. The minimum absolute atomic E-state index is 0.376. The summed E-state index contributed by atoms with van der Waals surface area (Å²) in [6.45, 7) is 2.84. The van der Waals surface area contributed by atoms with Gasteiger partial charge < -0.3 is 10.5 Å². The molecule has 1 aromatic carbocycles. The summed E-state index contributed by atoms with van der Waals surface area (Å²) in [6.07, 6.45) is 5.48. The summed E-state index contributed by atoms with van der Waals surface area (Å²) < 4.78 is 6.11. The SMILES string of the molecule is CC1CCCCC1Oc1ccccc1CN. The zero-order valence-electron chi connectivity index (χ0n) is 9.99. The Bertz CT molecular complexity index is 337. The van der Waals surface area contributed by atoms with Gasteiger partial charge in [0.1, 0.15) is 11.9 Å². The van der Waals surface area contributed by atoms with Gasteiger partial charge in [-0.2, -0.15) is 0 Å². The number of hydrogen-bond donors (Lipinski definition) is 1. The smallest absolute Gasteiger partial charge is 0.124 e. The van der Waals surface area contributed by atoms with Gasteiger partial charge in [0.05, 0.1) is 0 Å². The zero-order chi connectivity index (χ0) is 11.4. The van der Waals surface area contributed by atoms with Crippen LogP contribution >= 0.6 is 0 Å². The fourth-order valence-corrected chi connectivity index (χ4v) is 2.41. The molecule has 0 saturated heterocycles. The number of para-hydroxylation sites is 1. The Hall–Kier alpha value is -1.02. The molecule has 88 valence electrons. The highest BCUT2D eigenvalue weighted by Gasteiger charge is 2.23. The van der Waals surface area contributed by atoms with Gasteiger partial charge in [0.25, 0.3) is 0 Å². The van der Waals surface area contributed by atoms with Crippen LogP contribution in [0.4, 0.5) is 0 Å². The molecule has 16 heavy (non-hydrogen) atoms. The van der Waals surface area contributed by atoms with Gasteiger partial charge >= 0.3 is 0 Å². The average Bonchev–Trinajstić information content (AvgIpc) is 2.33. The third kappa shape index (κ3) is 2.56.